The van der Waals surface area contributed by atoms with Crippen LogP contribution in [0.2, 0.25) is 0 Å². The molecule has 12 heteroatoms. The highest BCUT2D eigenvalue weighted by Gasteiger charge is 2.14. The highest BCUT2D eigenvalue weighted by molar-refractivity contribution is 5.77. The zero-order valence-electron chi connectivity index (χ0n) is 23.6. The lowest BCUT2D eigenvalue weighted by Crippen LogP contribution is -2.40. The van der Waals surface area contributed by atoms with Crippen molar-refractivity contribution < 1.29 is 19.2 Å². The van der Waals surface area contributed by atoms with E-state index in [1.54, 1.807) is 0 Å². The average molecular weight is 559 g/mol. The van der Waals surface area contributed by atoms with Crippen LogP contribution in [0, 0.1) is 0 Å². The van der Waals surface area contributed by atoms with Crippen molar-refractivity contribution in [3.05, 3.63) is 35.4 Å². The van der Waals surface area contributed by atoms with E-state index >= 15 is 0 Å². The van der Waals surface area contributed by atoms with Gasteiger partial charge in [-0.15, -0.1) is 0 Å². The quantitative estimate of drug-likeness (QED) is 0.262. The Morgan fingerprint density at radius 2 is 0.925 bits per heavy atom. The van der Waals surface area contributed by atoms with E-state index in [1.165, 1.54) is 0 Å². The van der Waals surface area contributed by atoms with Crippen molar-refractivity contribution in [2.24, 2.45) is 0 Å². The van der Waals surface area contributed by atoms with Gasteiger partial charge in [-0.3, -0.25) is 29.0 Å². The summed E-state index contributed by atoms with van der Waals surface area (Å²) in [6, 6.07) is 8.33. The Hall–Kier alpha value is -3.06. The van der Waals surface area contributed by atoms with Crippen LogP contribution in [0.15, 0.2) is 24.3 Å². The minimum atomic E-state index is 0.0225. The molecule has 2 fully saturated rings. The second-order valence-electron chi connectivity index (χ2n) is 10.3. The molecule has 222 valence electrons. The van der Waals surface area contributed by atoms with Crippen molar-refractivity contribution >= 4 is 23.6 Å². The molecule has 0 saturated carbocycles. The lowest BCUT2D eigenvalue weighted by molar-refractivity contribution is -0.122. The topological polar surface area (TPSA) is 147 Å². The summed E-state index contributed by atoms with van der Waals surface area (Å²) >= 11 is 0. The summed E-state index contributed by atoms with van der Waals surface area (Å²) in [4.78, 5) is 53.2. The van der Waals surface area contributed by atoms with Crippen LogP contribution in [0.4, 0.5) is 0 Å². The summed E-state index contributed by atoms with van der Waals surface area (Å²) in [6.45, 7) is 8.39. The van der Waals surface area contributed by atoms with Gasteiger partial charge in [0.15, 0.2) is 0 Å². The van der Waals surface area contributed by atoms with Crippen LogP contribution in [-0.4, -0.2) is 112 Å². The summed E-state index contributed by atoms with van der Waals surface area (Å²) in [7, 11) is 0. The third kappa shape index (κ3) is 13.3. The summed E-state index contributed by atoms with van der Waals surface area (Å²) < 4.78 is 0. The number of nitrogens with one attached hydrogen (secondary N) is 6. The third-order valence-electron chi connectivity index (χ3n) is 6.92. The Labute approximate surface area is 237 Å². The fraction of sp³-hybridized carbons (Fsp3) is 0.643. The van der Waals surface area contributed by atoms with Crippen LogP contribution >= 0.6 is 0 Å². The molecule has 0 aliphatic carbocycles. The lowest BCUT2D eigenvalue weighted by atomic mass is 10.1. The summed E-state index contributed by atoms with van der Waals surface area (Å²) in [5.41, 5.74) is 2.24. The molecule has 2 aliphatic heterocycles. The van der Waals surface area contributed by atoms with Crippen molar-refractivity contribution in [3.63, 3.8) is 0 Å². The van der Waals surface area contributed by atoms with E-state index in [4.69, 9.17) is 0 Å². The van der Waals surface area contributed by atoms with E-state index in [0.717, 1.165) is 11.1 Å². The van der Waals surface area contributed by atoms with Crippen molar-refractivity contribution in [1.82, 2.24) is 41.7 Å². The predicted octanol–water partition coefficient (Wildman–Crippen LogP) is -1.48. The normalized spacial score (nSPS) is 21.2. The lowest BCUT2D eigenvalue weighted by Gasteiger charge is -2.25. The van der Waals surface area contributed by atoms with Gasteiger partial charge in [0, 0.05) is 117 Å². The molecule has 2 aliphatic rings. The van der Waals surface area contributed by atoms with Crippen LogP contribution in [0.5, 0.6) is 0 Å². The largest absolute Gasteiger partial charge is 0.355 e. The van der Waals surface area contributed by atoms with Crippen molar-refractivity contribution in [1.29, 1.82) is 0 Å². The van der Waals surface area contributed by atoms with E-state index < -0.39 is 0 Å². The Kier molecular flexibility index (Phi) is 14.4. The van der Waals surface area contributed by atoms with E-state index in [-0.39, 0.29) is 23.6 Å². The van der Waals surface area contributed by atoms with E-state index in [1.807, 2.05) is 6.07 Å². The number of rotatable bonds is 4. The molecule has 0 bridgehead atoms. The van der Waals surface area contributed by atoms with Crippen molar-refractivity contribution in [2.75, 3.05) is 78.5 Å². The Balaban J connectivity index is 1.60. The van der Waals surface area contributed by atoms with Crippen LogP contribution in [-0.2, 0) is 32.3 Å². The predicted molar refractivity (Wildman–Crippen MR) is 153 cm³/mol. The first-order valence-electron chi connectivity index (χ1n) is 14.5. The molecule has 12 nitrogen and oxygen atoms in total. The maximum atomic E-state index is 12.3. The molecule has 1 aromatic rings. The molecule has 2 heterocycles. The summed E-state index contributed by atoms with van der Waals surface area (Å²) in [5.74, 6) is 0.0926. The number of hydrogen-bond donors (Lipinski definition) is 6. The maximum absolute atomic E-state index is 12.3. The number of nitrogens with zero attached hydrogens (tertiary/aromatic N) is 2. The molecular formula is C28H46N8O4. The zero-order chi connectivity index (χ0) is 28.4. The van der Waals surface area contributed by atoms with Gasteiger partial charge in [-0.05, 0) is 11.1 Å². The molecule has 0 radical (unpaired) electrons. The standard InChI is InChI=1S/C28H46N8O4/c37-25-4-8-29-10-12-31-27(39)6-16-35(18-14-33-25)21-23-2-1-3-24(20-23)22-36-17-7-28(40)32-13-11-30-9-5-26(38)34-15-19-36/h1-3,20,29-30H,4-19,21-22H2,(H,31,39)(H,32,40)(H,33,37)(H,34,38). The van der Waals surface area contributed by atoms with Gasteiger partial charge >= 0.3 is 0 Å². The second-order valence-corrected chi connectivity index (χ2v) is 10.3. The molecular weight excluding hydrogens is 512 g/mol. The fourth-order valence-electron chi connectivity index (χ4n) is 4.70. The SMILES string of the molecule is O=C1CCNCCNC(=O)CCN(Cc2cccc(CN3CCNC(=O)CCNCCNC(=O)CC3)c2)CCN1. The molecule has 0 unspecified atom stereocenters. The Bertz CT molecular complexity index is 889. The summed E-state index contributed by atoms with van der Waals surface area (Å²) in [5, 5.41) is 18.1. The van der Waals surface area contributed by atoms with Gasteiger partial charge in [0.1, 0.15) is 0 Å². The first-order chi connectivity index (χ1) is 19.5. The van der Waals surface area contributed by atoms with Gasteiger partial charge < -0.3 is 31.9 Å². The van der Waals surface area contributed by atoms with Gasteiger partial charge in [-0.1, -0.05) is 24.3 Å². The average Bonchev–Trinajstić information content (AvgIpc) is 2.93. The molecule has 4 amide bonds. The minimum Gasteiger partial charge on any atom is -0.355 e. The molecule has 0 spiro atoms. The van der Waals surface area contributed by atoms with Crippen LogP contribution in [0.3, 0.4) is 0 Å². The molecule has 1 aromatic carbocycles. The van der Waals surface area contributed by atoms with Gasteiger partial charge in [0.25, 0.3) is 0 Å². The molecule has 6 N–H and O–H groups in total. The Morgan fingerprint density at radius 1 is 0.500 bits per heavy atom. The van der Waals surface area contributed by atoms with Gasteiger partial charge in [0.05, 0.1) is 0 Å². The van der Waals surface area contributed by atoms with E-state index in [0.29, 0.717) is 117 Å². The number of hydrogen-bond acceptors (Lipinski definition) is 8. The maximum Gasteiger partial charge on any atom is 0.221 e. The zero-order valence-corrected chi connectivity index (χ0v) is 23.6. The Morgan fingerprint density at radius 3 is 1.40 bits per heavy atom. The smallest absolute Gasteiger partial charge is 0.221 e. The van der Waals surface area contributed by atoms with Crippen LogP contribution < -0.4 is 31.9 Å². The van der Waals surface area contributed by atoms with Crippen LogP contribution in [0.1, 0.15) is 36.8 Å². The third-order valence-corrected chi connectivity index (χ3v) is 6.92. The summed E-state index contributed by atoms with van der Waals surface area (Å²) in [6.07, 6.45) is 1.61. The fourth-order valence-corrected chi connectivity index (χ4v) is 4.70. The van der Waals surface area contributed by atoms with E-state index in [9.17, 15) is 19.2 Å². The number of carbonyl (C=O) groups is 4. The van der Waals surface area contributed by atoms with Crippen molar-refractivity contribution in [2.45, 2.75) is 38.8 Å². The highest BCUT2D eigenvalue weighted by Crippen LogP contribution is 2.12. The second kappa shape index (κ2) is 18.3. The monoisotopic (exact) mass is 558 g/mol. The van der Waals surface area contributed by atoms with E-state index in [2.05, 4.69) is 59.9 Å². The highest BCUT2D eigenvalue weighted by atomic mass is 16.2. The number of carbonyl (C=O) groups excluding carboxylic acids is 4. The molecule has 3 rings (SSSR count). The first kappa shape index (κ1) is 31.5. The van der Waals surface area contributed by atoms with Gasteiger partial charge in [-0.2, -0.15) is 0 Å². The number of amides is 4. The first-order valence-corrected chi connectivity index (χ1v) is 14.5. The van der Waals surface area contributed by atoms with Gasteiger partial charge in [-0.25, -0.2) is 0 Å². The molecule has 0 atom stereocenters. The molecule has 2 saturated heterocycles. The number of benzene rings is 1. The molecule has 40 heavy (non-hydrogen) atoms. The minimum absolute atomic E-state index is 0.0225. The molecule has 0 aromatic heterocycles. The van der Waals surface area contributed by atoms with Gasteiger partial charge in [0.2, 0.25) is 23.6 Å². The van der Waals surface area contributed by atoms with Crippen LogP contribution in [0.25, 0.3) is 0 Å². The van der Waals surface area contributed by atoms with Crippen molar-refractivity contribution in [3.8, 4) is 0 Å².